The number of carbonyl (C=O) groups is 2. The average Bonchev–Trinajstić information content (AvgIpc) is 3.96. The minimum absolute atomic E-state index is 0.0227. The van der Waals surface area contributed by atoms with Crippen molar-refractivity contribution in [3.05, 3.63) is 146 Å². The summed E-state index contributed by atoms with van der Waals surface area (Å²) in [6.45, 7) is 13.5. The molecule has 2 N–H and O–H groups in total. The number of H-pyrrole nitrogens is 1. The number of imidazole rings is 1. The van der Waals surface area contributed by atoms with E-state index in [0.29, 0.717) is 17.2 Å². The first kappa shape index (κ1) is 52.2. The number of aromatic nitrogens is 4. The predicted molar refractivity (Wildman–Crippen MR) is 258 cm³/mol. The van der Waals surface area contributed by atoms with E-state index in [1.807, 2.05) is 107 Å². The predicted octanol–water partition coefficient (Wildman–Crippen LogP) is 7.46. The van der Waals surface area contributed by atoms with E-state index in [2.05, 4.69) is 26.0 Å². The molecule has 3 heterocycles. The Kier molecular flexibility index (Phi) is 17.7. The van der Waals surface area contributed by atoms with Gasteiger partial charge in [-0.05, 0) is 89.4 Å². The van der Waals surface area contributed by atoms with E-state index in [0.717, 1.165) is 16.7 Å². The molecule has 1 fully saturated rings. The second-order valence-electron chi connectivity index (χ2n) is 17.8. The number of carbonyl (C=O) groups excluding carboxylic acids is 2. The zero-order chi connectivity index (χ0) is 49.9. The molecule has 19 heteroatoms. The van der Waals surface area contributed by atoms with Crippen LogP contribution >= 0.6 is 8.53 Å². The van der Waals surface area contributed by atoms with Crippen LogP contribution in [0.2, 0.25) is 0 Å². The minimum atomic E-state index is -1.81. The van der Waals surface area contributed by atoms with Crippen LogP contribution in [0.1, 0.15) is 100 Å². The molecule has 0 aliphatic carbocycles. The maximum Gasteiger partial charge on any atom is 0.419 e. The summed E-state index contributed by atoms with van der Waals surface area (Å²) in [5, 5.41) is 12.2. The SMILES string of the molecule is COc1ccc(C(OC[C@H]2O[C@@H](n3cc(C(=O)NCCc4cn(C(=O)OC(C)(C)C)cn4)c(=O)[nH]c3=O)C[C@@H]2OP(OCCC#N)N(C(C)C)C(C)C)(c2ccccc2)c2ccc(OC)cc2)cc1. The van der Waals surface area contributed by atoms with Gasteiger partial charge in [-0.3, -0.25) is 19.1 Å². The molecule has 1 amide bonds. The Hall–Kier alpha value is -6.19. The van der Waals surface area contributed by atoms with Crippen LogP contribution in [0.25, 0.3) is 0 Å². The van der Waals surface area contributed by atoms with Gasteiger partial charge < -0.3 is 38.0 Å². The third kappa shape index (κ3) is 12.9. The number of benzene rings is 3. The summed E-state index contributed by atoms with van der Waals surface area (Å²) in [6, 6.07) is 27.1. The number of ether oxygens (including phenoxy) is 5. The van der Waals surface area contributed by atoms with Crippen LogP contribution in [0, 0.1) is 11.3 Å². The Balaban J connectivity index is 1.35. The summed E-state index contributed by atoms with van der Waals surface area (Å²) in [5.74, 6) is 0.566. The van der Waals surface area contributed by atoms with Gasteiger partial charge in [0, 0.05) is 43.9 Å². The molecule has 0 spiro atoms. The quantitative estimate of drug-likeness (QED) is 0.0416. The Morgan fingerprint density at radius 1 is 0.928 bits per heavy atom. The maximum atomic E-state index is 13.7. The van der Waals surface area contributed by atoms with Crippen LogP contribution < -0.4 is 26.0 Å². The molecule has 18 nitrogen and oxygen atoms in total. The monoisotopic (exact) mass is 967 g/mol. The summed E-state index contributed by atoms with van der Waals surface area (Å²) in [5.41, 5.74) is -1.09. The number of amides is 1. The molecule has 0 saturated carbocycles. The van der Waals surface area contributed by atoms with Crippen molar-refractivity contribution in [2.75, 3.05) is 34.0 Å². The van der Waals surface area contributed by atoms with Gasteiger partial charge in [-0.1, -0.05) is 54.6 Å². The molecule has 1 aliphatic rings. The van der Waals surface area contributed by atoms with Crippen LogP contribution in [0.3, 0.4) is 0 Å². The lowest BCUT2D eigenvalue weighted by Crippen LogP contribution is -2.40. The summed E-state index contributed by atoms with van der Waals surface area (Å²) in [4.78, 5) is 59.6. The summed E-state index contributed by atoms with van der Waals surface area (Å²) < 4.78 is 48.3. The lowest BCUT2D eigenvalue weighted by Gasteiger charge is -2.39. The first-order valence-corrected chi connectivity index (χ1v) is 23.9. The Bertz CT molecular complexity index is 2580. The van der Waals surface area contributed by atoms with E-state index in [1.165, 1.54) is 27.9 Å². The molecule has 368 valence electrons. The van der Waals surface area contributed by atoms with Gasteiger partial charge in [-0.15, -0.1) is 0 Å². The van der Waals surface area contributed by atoms with E-state index in [9.17, 15) is 24.4 Å². The van der Waals surface area contributed by atoms with Crippen LogP contribution in [0.15, 0.2) is 107 Å². The van der Waals surface area contributed by atoms with Crippen molar-refractivity contribution >= 4 is 20.5 Å². The number of hydrogen-bond acceptors (Lipinski definition) is 14. The summed E-state index contributed by atoms with van der Waals surface area (Å²) in [7, 11) is 1.39. The number of methoxy groups -OCH3 is 2. The molecule has 1 aliphatic heterocycles. The van der Waals surface area contributed by atoms with Gasteiger partial charge in [0.15, 0.2) is 0 Å². The van der Waals surface area contributed by atoms with Crippen molar-refractivity contribution in [1.82, 2.24) is 29.1 Å². The van der Waals surface area contributed by atoms with Crippen LogP contribution in [-0.4, -0.2) is 99.6 Å². The van der Waals surface area contributed by atoms with Crippen molar-refractivity contribution in [3.8, 4) is 17.6 Å². The third-order valence-corrected chi connectivity index (χ3v) is 13.3. The number of hydrogen-bond donors (Lipinski definition) is 2. The lowest BCUT2D eigenvalue weighted by molar-refractivity contribution is -0.0926. The molecule has 0 radical (unpaired) electrons. The largest absolute Gasteiger partial charge is 0.497 e. The fourth-order valence-corrected chi connectivity index (χ4v) is 9.75. The molecule has 3 aromatic carbocycles. The highest BCUT2D eigenvalue weighted by Gasteiger charge is 2.45. The molecule has 6 rings (SSSR count). The fraction of sp³-hybridized carbons (Fsp3) is 0.440. The zero-order valence-corrected chi connectivity index (χ0v) is 41.4. The standard InChI is InChI=1S/C50H62N7O11P/c1-33(2)57(34(3)4)69(65-27-13-25-51)68-42-28-44(56-30-41(46(59)54-47(56)60)45(58)52-26-24-38-29-55(32-53-38)48(61)67-49(5,6)7)66-43(42)31-64-50(35-14-11-10-12-15-35,36-16-20-39(62-8)21-17-36)37-18-22-40(63-9)23-19-37/h10-12,14-23,29-30,32-34,42-44H,13,24,26-28,31H2,1-9H3,(H,52,58)(H,54,59,60)/t42-,43+,44+,69?/m0/s1. The topological polar surface area (TPSA) is 210 Å². The van der Waals surface area contributed by atoms with Gasteiger partial charge in [0.1, 0.15) is 46.9 Å². The minimum Gasteiger partial charge on any atom is -0.497 e. The first-order valence-electron chi connectivity index (χ1n) is 22.8. The number of nitrogens with one attached hydrogen (secondary N) is 2. The van der Waals surface area contributed by atoms with E-state index >= 15 is 0 Å². The Labute approximate surface area is 403 Å². The highest BCUT2D eigenvalue weighted by atomic mass is 31.2. The van der Waals surface area contributed by atoms with Gasteiger partial charge in [0.05, 0.1) is 51.7 Å². The van der Waals surface area contributed by atoms with Gasteiger partial charge in [-0.2, -0.15) is 5.26 Å². The molecule has 5 aromatic rings. The Morgan fingerprint density at radius 2 is 1.54 bits per heavy atom. The normalized spacial score (nSPS) is 16.7. The van der Waals surface area contributed by atoms with Crippen LogP contribution in [-0.2, 0) is 35.3 Å². The number of rotatable bonds is 21. The number of nitrogens with zero attached hydrogens (tertiary/aromatic N) is 5. The first-order chi connectivity index (χ1) is 33.0. The van der Waals surface area contributed by atoms with Crippen molar-refractivity contribution in [2.24, 2.45) is 0 Å². The average molecular weight is 968 g/mol. The molecule has 4 atom stereocenters. The highest BCUT2D eigenvalue weighted by molar-refractivity contribution is 7.44. The van der Waals surface area contributed by atoms with E-state index in [1.54, 1.807) is 35.0 Å². The van der Waals surface area contributed by atoms with Gasteiger partial charge in [0.2, 0.25) is 0 Å². The van der Waals surface area contributed by atoms with Gasteiger partial charge in [0.25, 0.3) is 20.0 Å². The van der Waals surface area contributed by atoms with Crippen molar-refractivity contribution in [2.45, 2.75) is 109 Å². The van der Waals surface area contributed by atoms with Gasteiger partial charge >= 0.3 is 11.8 Å². The molecular weight excluding hydrogens is 906 g/mol. The number of aromatic amines is 1. The van der Waals surface area contributed by atoms with Crippen LogP contribution in [0.5, 0.6) is 11.5 Å². The molecular formula is C50H62N7O11P. The summed E-state index contributed by atoms with van der Waals surface area (Å²) >= 11 is 0. The maximum absolute atomic E-state index is 13.7. The zero-order valence-electron chi connectivity index (χ0n) is 40.5. The molecule has 0 bridgehead atoms. The highest BCUT2D eigenvalue weighted by Crippen LogP contribution is 2.50. The van der Waals surface area contributed by atoms with Crippen molar-refractivity contribution in [3.63, 3.8) is 0 Å². The molecule has 1 saturated heterocycles. The van der Waals surface area contributed by atoms with Crippen molar-refractivity contribution < 1.29 is 42.3 Å². The lowest BCUT2D eigenvalue weighted by atomic mass is 9.80. The van der Waals surface area contributed by atoms with Gasteiger partial charge in [-0.25, -0.2) is 23.8 Å². The molecule has 1 unspecified atom stereocenters. The van der Waals surface area contributed by atoms with E-state index in [-0.39, 0.29) is 56.7 Å². The second-order valence-corrected chi connectivity index (χ2v) is 19.2. The van der Waals surface area contributed by atoms with E-state index < -0.39 is 61.4 Å². The molecule has 69 heavy (non-hydrogen) atoms. The fourth-order valence-electron chi connectivity index (χ4n) is 7.99. The summed E-state index contributed by atoms with van der Waals surface area (Å²) in [6.07, 6.45) is 1.17. The van der Waals surface area contributed by atoms with Crippen LogP contribution in [0.4, 0.5) is 4.79 Å². The van der Waals surface area contributed by atoms with E-state index in [4.69, 9.17) is 32.7 Å². The Morgan fingerprint density at radius 3 is 2.10 bits per heavy atom. The van der Waals surface area contributed by atoms with Crippen molar-refractivity contribution in [1.29, 1.82) is 5.26 Å². The third-order valence-electron chi connectivity index (χ3n) is 11.1. The molecule has 2 aromatic heterocycles. The smallest absolute Gasteiger partial charge is 0.419 e. The second kappa shape index (κ2) is 23.4. The number of nitriles is 1.